The third-order valence-corrected chi connectivity index (χ3v) is 2.34. The number of carboxylic acids is 1. The number of carboxylic acid groups (broad SMARTS) is 1. The molecule has 3 N–H and O–H groups in total. The van der Waals surface area contributed by atoms with Gasteiger partial charge in [-0.2, -0.15) is 5.26 Å². The number of nitrogens with two attached hydrogens (primary N) is 1. The zero-order valence-corrected chi connectivity index (χ0v) is 8.71. The van der Waals surface area contributed by atoms with E-state index in [9.17, 15) is 4.79 Å². The maximum atomic E-state index is 10.5. The first-order chi connectivity index (χ1) is 6.54. The fraction of sp³-hybridized carbons (Fsp3) is 0.111. The van der Waals surface area contributed by atoms with Crippen molar-refractivity contribution in [3.05, 3.63) is 27.7 Å². The second kappa shape index (κ2) is 4.11. The molecule has 1 rings (SSSR count). The van der Waals surface area contributed by atoms with Crippen molar-refractivity contribution in [2.45, 2.75) is 6.42 Å². The van der Waals surface area contributed by atoms with E-state index in [1.807, 2.05) is 6.07 Å². The summed E-state index contributed by atoms with van der Waals surface area (Å²) in [7, 11) is 0. The van der Waals surface area contributed by atoms with Gasteiger partial charge in [-0.3, -0.25) is 4.79 Å². The lowest BCUT2D eigenvalue weighted by atomic mass is 10.1. The van der Waals surface area contributed by atoms with Crippen LogP contribution in [0.3, 0.4) is 0 Å². The van der Waals surface area contributed by atoms with Crippen LogP contribution in [-0.2, 0) is 11.2 Å². The zero-order chi connectivity index (χ0) is 10.7. The lowest BCUT2D eigenvalue weighted by Gasteiger charge is -2.05. The zero-order valence-electron chi connectivity index (χ0n) is 7.12. The summed E-state index contributed by atoms with van der Waals surface area (Å²) in [4.78, 5) is 10.5. The third kappa shape index (κ3) is 2.24. The van der Waals surface area contributed by atoms with Gasteiger partial charge in [0, 0.05) is 10.2 Å². The number of rotatable bonds is 2. The van der Waals surface area contributed by atoms with Gasteiger partial charge in [-0.05, 0) is 33.6 Å². The number of carbonyl (C=O) groups is 1. The highest BCUT2D eigenvalue weighted by Gasteiger charge is 2.09. The minimum absolute atomic E-state index is 0.181. The van der Waals surface area contributed by atoms with Gasteiger partial charge in [0.25, 0.3) is 0 Å². The molecule has 0 aliphatic rings. The van der Waals surface area contributed by atoms with Gasteiger partial charge in [0.05, 0.1) is 18.1 Å². The summed E-state index contributed by atoms with van der Waals surface area (Å²) >= 11 is 3.16. The van der Waals surface area contributed by atoms with Gasteiger partial charge in [0.2, 0.25) is 0 Å². The maximum absolute atomic E-state index is 10.5. The number of benzene rings is 1. The van der Waals surface area contributed by atoms with Crippen LogP contribution in [0.2, 0.25) is 0 Å². The highest BCUT2D eigenvalue weighted by molar-refractivity contribution is 9.10. The van der Waals surface area contributed by atoms with E-state index in [4.69, 9.17) is 16.1 Å². The summed E-state index contributed by atoms with van der Waals surface area (Å²) in [5.74, 6) is -0.973. The van der Waals surface area contributed by atoms with Crippen LogP contribution in [0, 0.1) is 11.3 Å². The molecule has 1 aromatic rings. The number of aliphatic carboxylic acids is 1. The number of nitrogen functional groups attached to an aromatic ring is 1. The number of hydrogen-bond donors (Lipinski definition) is 2. The molecule has 4 nitrogen and oxygen atoms in total. The molecular weight excluding hydrogens is 248 g/mol. The Kier molecular flexibility index (Phi) is 3.10. The van der Waals surface area contributed by atoms with Crippen LogP contribution < -0.4 is 5.73 Å². The van der Waals surface area contributed by atoms with Crippen LogP contribution in [0.1, 0.15) is 11.1 Å². The highest BCUT2D eigenvalue weighted by atomic mass is 79.9. The van der Waals surface area contributed by atoms with E-state index in [-0.39, 0.29) is 6.42 Å². The summed E-state index contributed by atoms with van der Waals surface area (Å²) in [5.41, 5.74) is 6.84. The van der Waals surface area contributed by atoms with Crippen molar-refractivity contribution in [1.82, 2.24) is 0 Å². The number of halogens is 1. The van der Waals surface area contributed by atoms with Gasteiger partial charge < -0.3 is 10.8 Å². The predicted molar refractivity (Wildman–Crippen MR) is 54.6 cm³/mol. The number of hydrogen-bond acceptors (Lipinski definition) is 3. The van der Waals surface area contributed by atoms with Crippen LogP contribution >= 0.6 is 15.9 Å². The lowest BCUT2D eigenvalue weighted by molar-refractivity contribution is -0.136. The summed E-state index contributed by atoms with van der Waals surface area (Å²) in [6.45, 7) is 0. The van der Waals surface area contributed by atoms with Crippen molar-refractivity contribution in [3.63, 3.8) is 0 Å². The number of nitriles is 1. The topological polar surface area (TPSA) is 87.1 Å². The first kappa shape index (κ1) is 10.5. The van der Waals surface area contributed by atoms with Gasteiger partial charge >= 0.3 is 5.97 Å². The van der Waals surface area contributed by atoms with Crippen LogP contribution in [0.15, 0.2) is 16.6 Å². The molecule has 0 aliphatic carbocycles. The van der Waals surface area contributed by atoms with Gasteiger partial charge in [0.1, 0.15) is 0 Å². The fourth-order valence-corrected chi connectivity index (χ4v) is 1.55. The van der Waals surface area contributed by atoms with Crippen molar-refractivity contribution in [3.8, 4) is 6.07 Å². The Morgan fingerprint density at radius 3 is 2.79 bits per heavy atom. The Bertz CT molecular complexity index is 424. The van der Waals surface area contributed by atoms with Crippen LogP contribution in [0.5, 0.6) is 0 Å². The summed E-state index contributed by atoms with van der Waals surface area (Å²) in [6, 6.07) is 4.97. The Morgan fingerprint density at radius 2 is 2.29 bits per heavy atom. The minimum Gasteiger partial charge on any atom is -0.481 e. The molecule has 5 heteroatoms. The molecule has 0 fully saturated rings. The van der Waals surface area contributed by atoms with Crippen molar-refractivity contribution in [1.29, 1.82) is 5.26 Å². The molecular formula is C9H7BrN2O2. The molecule has 14 heavy (non-hydrogen) atoms. The average Bonchev–Trinajstić information content (AvgIpc) is 2.11. The molecule has 0 amide bonds. The molecule has 0 unspecified atom stereocenters. The van der Waals surface area contributed by atoms with E-state index in [1.165, 1.54) is 6.07 Å². The first-order valence-corrected chi connectivity index (χ1v) is 4.53. The van der Waals surface area contributed by atoms with Crippen molar-refractivity contribution >= 4 is 27.6 Å². The third-order valence-electron chi connectivity index (χ3n) is 1.69. The standard InChI is InChI=1S/C9H7BrN2O2/c10-7-2-5(4-11)1-6(9(7)12)3-8(13)14/h1-2H,3,12H2,(H,13,14). The van der Waals surface area contributed by atoms with Crippen molar-refractivity contribution < 1.29 is 9.90 Å². The molecule has 0 atom stereocenters. The highest BCUT2D eigenvalue weighted by Crippen LogP contribution is 2.25. The smallest absolute Gasteiger partial charge is 0.307 e. The molecule has 0 radical (unpaired) electrons. The molecule has 0 heterocycles. The van der Waals surface area contributed by atoms with E-state index in [0.29, 0.717) is 21.3 Å². The molecule has 0 saturated heterocycles. The summed E-state index contributed by atoms with van der Waals surface area (Å²) in [6.07, 6.45) is -0.181. The fourth-order valence-electron chi connectivity index (χ4n) is 1.05. The minimum atomic E-state index is -0.973. The lowest BCUT2D eigenvalue weighted by Crippen LogP contribution is -2.04. The molecule has 0 aliphatic heterocycles. The summed E-state index contributed by atoms with van der Waals surface area (Å²) in [5, 5.41) is 17.2. The Balaban J connectivity index is 3.21. The second-order valence-corrected chi connectivity index (χ2v) is 3.57. The average molecular weight is 255 g/mol. The quantitative estimate of drug-likeness (QED) is 0.784. The van der Waals surface area contributed by atoms with E-state index in [0.717, 1.165) is 0 Å². The Labute approximate surface area is 89.1 Å². The molecule has 0 aromatic heterocycles. The van der Waals surface area contributed by atoms with E-state index < -0.39 is 5.97 Å². The SMILES string of the molecule is N#Cc1cc(Br)c(N)c(CC(=O)O)c1. The number of nitrogens with zero attached hydrogens (tertiary/aromatic N) is 1. The van der Waals surface area contributed by atoms with E-state index in [1.54, 1.807) is 6.07 Å². The predicted octanol–water partition coefficient (Wildman–Crippen LogP) is 1.53. The summed E-state index contributed by atoms with van der Waals surface area (Å²) < 4.78 is 0.549. The van der Waals surface area contributed by atoms with E-state index >= 15 is 0 Å². The molecule has 72 valence electrons. The van der Waals surface area contributed by atoms with Gasteiger partial charge in [0.15, 0.2) is 0 Å². The molecule has 0 spiro atoms. The normalized spacial score (nSPS) is 9.43. The van der Waals surface area contributed by atoms with E-state index in [2.05, 4.69) is 15.9 Å². The monoisotopic (exact) mass is 254 g/mol. The Morgan fingerprint density at radius 1 is 1.64 bits per heavy atom. The van der Waals surface area contributed by atoms with Crippen molar-refractivity contribution in [2.75, 3.05) is 5.73 Å². The van der Waals surface area contributed by atoms with Crippen LogP contribution in [0.25, 0.3) is 0 Å². The van der Waals surface area contributed by atoms with Gasteiger partial charge in [-0.25, -0.2) is 0 Å². The molecule has 1 aromatic carbocycles. The van der Waals surface area contributed by atoms with Crippen molar-refractivity contribution in [2.24, 2.45) is 0 Å². The maximum Gasteiger partial charge on any atom is 0.307 e. The molecule has 0 bridgehead atoms. The van der Waals surface area contributed by atoms with Gasteiger partial charge in [-0.15, -0.1) is 0 Å². The second-order valence-electron chi connectivity index (χ2n) is 2.71. The number of anilines is 1. The first-order valence-electron chi connectivity index (χ1n) is 3.74. The van der Waals surface area contributed by atoms with Crippen LogP contribution in [0.4, 0.5) is 5.69 Å². The largest absolute Gasteiger partial charge is 0.481 e. The Hall–Kier alpha value is -1.54. The van der Waals surface area contributed by atoms with Crippen LogP contribution in [-0.4, -0.2) is 11.1 Å². The molecule has 0 saturated carbocycles. The van der Waals surface area contributed by atoms with Gasteiger partial charge in [-0.1, -0.05) is 0 Å².